The molecule has 1 rings (SSSR count). The monoisotopic (exact) mass is 244 g/mol. The number of likely N-dealkylation sites (tertiary alicyclic amines) is 1. The summed E-state index contributed by atoms with van der Waals surface area (Å²) < 4.78 is 4.82. The van der Waals surface area contributed by atoms with Crippen molar-refractivity contribution >= 4 is 12.0 Å². The molecule has 1 heterocycles. The Morgan fingerprint density at radius 2 is 1.94 bits per heavy atom. The van der Waals surface area contributed by atoms with Gasteiger partial charge in [-0.3, -0.25) is 0 Å². The summed E-state index contributed by atoms with van der Waals surface area (Å²) in [5, 5.41) is 11.0. The van der Waals surface area contributed by atoms with Gasteiger partial charge in [-0.2, -0.15) is 0 Å². The molecule has 0 aromatic heterocycles. The zero-order chi connectivity index (χ0) is 12.8. The molecule has 0 aromatic carbocycles. The molecule has 0 bridgehead atoms. The summed E-state index contributed by atoms with van der Waals surface area (Å²) in [5.41, 5.74) is 0. The van der Waals surface area contributed by atoms with E-state index in [1.807, 2.05) is 0 Å². The van der Waals surface area contributed by atoms with Crippen LogP contribution in [0.1, 0.15) is 13.8 Å². The van der Waals surface area contributed by atoms with Crippen LogP contribution in [0.25, 0.3) is 0 Å². The normalized spacial score (nSPS) is 23.8. The lowest BCUT2D eigenvalue weighted by atomic mass is 10.0. The Morgan fingerprint density at radius 3 is 2.47 bits per heavy atom. The van der Waals surface area contributed by atoms with Crippen molar-refractivity contribution in [3.63, 3.8) is 0 Å². The van der Waals surface area contributed by atoms with Crippen molar-refractivity contribution in [2.24, 2.45) is 11.8 Å². The molecule has 1 aliphatic rings. The molecular weight excluding hydrogens is 224 g/mol. The highest BCUT2D eigenvalue weighted by Crippen LogP contribution is 2.21. The minimum atomic E-state index is -1.00. The van der Waals surface area contributed by atoms with E-state index in [2.05, 4.69) is 19.2 Å². The number of hydrogen-bond acceptors (Lipinski definition) is 3. The average Bonchev–Trinajstić information content (AvgIpc) is 2.58. The quantitative estimate of drug-likeness (QED) is 0.685. The van der Waals surface area contributed by atoms with E-state index in [0.29, 0.717) is 18.4 Å². The third kappa shape index (κ3) is 4.60. The smallest absolute Gasteiger partial charge is 0.329 e. The Morgan fingerprint density at radius 1 is 1.35 bits per heavy atom. The summed E-state index contributed by atoms with van der Waals surface area (Å²) >= 11 is 0. The molecule has 0 spiro atoms. The first-order valence-electron chi connectivity index (χ1n) is 5.83. The fourth-order valence-corrected chi connectivity index (χ4v) is 1.80. The number of carboxylic acid groups (broad SMARTS) is 1. The SMILES string of the molecule is CC1CN(C(=O)NCCOCC(=O)O)CC1C. The molecule has 0 aromatic rings. The zero-order valence-corrected chi connectivity index (χ0v) is 10.3. The van der Waals surface area contributed by atoms with Gasteiger partial charge in [0.25, 0.3) is 0 Å². The van der Waals surface area contributed by atoms with Crippen molar-refractivity contribution in [1.29, 1.82) is 0 Å². The molecule has 2 unspecified atom stereocenters. The molecule has 17 heavy (non-hydrogen) atoms. The predicted octanol–water partition coefficient (Wildman–Crippen LogP) is 0.385. The molecule has 1 aliphatic heterocycles. The molecule has 2 N–H and O–H groups in total. The maximum atomic E-state index is 11.7. The molecule has 1 saturated heterocycles. The Balaban J connectivity index is 2.11. The highest BCUT2D eigenvalue weighted by atomic mass is 16.5. The molecule has 0 radical (unpaired) electrons. The third-order valence-corrected chi connectivity index (χ3v) is 3.02. The van der Waals surface area contributed by atoms with Gasteiger partial charge in [0.05, 0.1) is 6.61 Å². The maximum absolute atomic E-state index is 11.7. The number of aliphatic carboxylic acids is 1. The van der Waals surface area contributed by atoms with E-state index in [0.717, 1.165) is 13.1 Å². The number of urea groups is 1. The van der Waals surface area contributed by atoms with Crippen LogP contribution in [0.4, 0.5) is 4.79 Å². The predicted molar refractivity (Wildman–Crippen MR) is 61.8 cm³/mol. The van der Waals surface area contributed by atoms with E-state index in [1.165, 1.54) is 0 Å². The van der Waals surface area contributed by atoms with Gasteiger partial charge >= 0.3 is 12.0 Å². The van der Waals surface area contributed by atoms with E-state index in [1.54, 1.807) is 4.90 Å². The van der Waals surface area contributed by atoms with Gasteiger partial charge in [0.2, 0.25) is 0 Å². The number of carbonyl (C=O) groups excluding carboxylic acids is 1. The minimum Gasteiger partial charge on any atom is -0.480 e. The van der Waals surface area contributed by atoms with Gasteiger partial charge in [-0.05, 0) is 11.8 Å². The Bertz CT molecular complexity index is 273. The van der Waals surface area contributed by atoms with Crippen molar-refractivity contribution < 1.29 is 19.4 Å². The van der Waals surface area contributed by atoms with E-state index < -0.39 is 5.97 Å². The minimum absolute atomic E-state index is 0.0971. The number of nitrogens with one attached hydrogen (secondary N) is 1. The van der Waals surface area contributed by atoms with Gasteiger partial charge in [0.1, 0.15) is 6.61 Å². The first kappa shape index (κ1) is 13.8. The van der Waals surface area contributed by atoms with Crippen molar-refractivity contribution in [1.82, 2.24) is 10.2 Å². The van der Waals surface area contributed by atoms with Gasteiger partial charge in [-0.25, -0.2) is 9.59 Å². The Labute approximate surface area is 101 Å². The molecule has 2 amide bonds. The summed E-state index contributed by atoms with van der Waals surface area (Å²) in [5.74, 6) is 0.0616. The van der Waals surface area contributed by atoms with Gasteiger partial charge < -0.3 is 20.1 Å². The molecule has 1 fully saturated rings. The number of hydrogen-bond donors (Lipinski definition) is 2. The lowest BCUT2D eigenvalue weighted by molar-refractivity contribution is -0.142. The van der Waals surface area contributed by atoms with E-state index in [9.17, 15) is 9.59 Å². The fraction of sp³-hybridized carbons (Fsp3) is 0.818. The van der Waals surface area contributed by atoms with Crippen LogP contribution in [-0.2, 0) is 9.53 Å². The molecule has 6 nitrogen and oxygen atoms in total. The average molecular weight is 244 g/mol. The van der Waals surface area contributed by atoms with Crippen LogP contribution in [0.15, 0.2) is 0 Å². The second-order valence-electron chi connectivity index (χ2n) is 4.54. The van der Waals surface area contributed by atoms with Crippen LogP contribution in [0.3, 0.4) is 0 Å². The second kappa shape index (κ2) is 6.44. The highest BCUT2D eigenvalue weighted by Gasteiger charge is 2.28. The lowest BCUT2D eigenvalue weighted by Gasteiger charge is -2.16. The van der Waals surface area contributed by atoms with Crippen LogP contribution in [0, 0.1) is 11.8 Å². The first-order valence-corrected chi connectivity index (χ1v) is 5.83. The Hall–Kier alpha value is -1.30. The van der Waals surface area contributed by atoms with Crippen LogP contribution in [0.5, 0.6) is 0 Å². The number of nitrogens with zero attached hydrogens (tertiary/aromatic N) is 1. The summed E-state index contributed by atoms with van der Waals surface area (Å²) in [6.45, 7) is 6.06. The van der Waals surface area contributed by atoms with E-state index in [-0.39, 0.29) is 19.2 Å². The number of carboxylic acids is 1. The van der Waals surface area contributed by atoms with Crippen molar-refractivity contribution in [2.45, 2.75) is 13.8 Å². The van der Waals surface area contributed by atoms with E-state index in [4.69, 9.17) is 9.84 Å². The number of rotatable bonds is 5. The van der Waals surface area contributed by atoms with Gasteiger partial charge in [-0.15, -0.1) is 0 Å². The zero-order valence-electron chi connectivity index (χ0n) is 10.3. The van der Waals surface area contributed by atoms with Gasteiger partial charge in [-0.1, -0.05) is 13.8 Å². The second-order valence-corrected chi connectivity index (χ2v) is 4.54. The van der Waals surface area contributed by atoms with Crippen LogP contribution < -0.4 is 5.32 Å². The summed E-state index contributed by atoms with van der Waals surface area (Å²) in [4.78, 5) is 23.6. The summed E-state index contributed by atoms with van der Waals surface area (Å²) in [6.07, 6.45) is 0. The molecule has 6 heteroatoms. The topological polar surface area (TPSA) is 78.9 Å². The number of amides is 2. The Kier molecular flexibility index (Phi) is 5.21. The van der Waals surface area contributed by atoms with Gasteiger partial charge in [0, 0.05) is 19.6 Å². The van der Waals surface area contributed by atoms with Crippen LogP contribution in [-0.4, -0.2) is 54.9 Å². The molecule has 0 saturated carbocycles. The maximum Gasteiger partial charge on any atom is 0.329 e. The molecule has 2 atom stereocenters. The van der Waals surface area contributed by atoms with Crippen molar-refractivity contribution in [3.05, 3.63) is 0 Å². The summed E-state index contributed by atoms with van der Waals surface area (Å²) in [7, 11) is 0. The molecule has 98 valence electrons. The van der Waals surface area contributed by atoms with Crippen LogP contribution >= 0.6 is 0 Å². The standard InChI is InChI=1S/C11H20N2O4/c1-8-5-13(6-9(8)2)11(16)12-3-4-17-7-10(14)15/h8-9H,3-7H2,1-2H3,(H,12,16)(H,14,15). The van der Waals surface area contributed by atoms with E-state index >= 15 is 0 Å². The number of ether oxygens (including phenoxy) is 1. The van der Waals surface area contributed by atoms with Crippen LogP contribution in [0.2, 0.25) is 0 Å². The van der Waals surface area contributed by atoms with Crippen molar-refractivity contribution in [2.75, 3.05) is 32.8 Å². The fourth-order valence-electron chi connectivity index (χ4n) is 1.80. The first-order chi connectivity index (χ1) is 8.00. The van der Waals surface area contributed by atoms with Crippen molar-refractivity contribution in [3.8, 4) is 0 Å². The number of carbonyl (C=O) groups is 2. The molecule has 0 aliphatic carbocycles. The largest absolute Gasteiger partial charge is 0.480 e. The summed E-state index contributed by atoms with van der Waals surface area (Å²) in [6, 6.07) is -0.0971. The molecular formula is C11H20N2O4. The lowest BCUT2D eigenvalue weighted by Crippen LogP contribution is -2.40. The highest BCUT2D eigenvalue weighted by molar-refractivity contribution is 5.74. The van der Waals surface area contributed by atoms with Gasteiger partial charge in [0.15, 0.2) is 0 Å². The third-order valence-electron chi connectivity index (χ3n) is 3.02.